The van der Waals surface area contributed by atoms with E-state index in [-0.39, 0.29) is 39.5 Å². The maximum atomic E-state index is 12.8. The molecule has 0 spiro atoms. The second-order valence-electron chi connectivity index (χ2n) is 3.65. The largest absolute Gasteiger partial charge is 0.423 e. The van der Waals surface area contributed by atoms with Gasteiger partial charge in [-0.2, -0.15) is 0 Å². The van der Waals surface area contributed by atoms with E-state index < -0.39 is 7.60 Å². The van der Waals surface area contributed by atoms with Gasteiger partial charge in [0, 0.05) is 0 Å². The van der Waals surface area contributed by atoms with Crippen molar-refractivity contribution in [1.29, 1.82) is 0 Å². The van der Waals surface area contributed by atoms with Crippen LogP contribution in [0.15, 0.2) is 9.21 Å². The number of aromatic nitrogens is 1. The average Bonchev–Trinajstić information content (AvgIpc) is 2.70. The second-order valence-corrected chi connectivity index (χ2v) is 7.00. The van der Waals surface area contributed by atoms with Gasteiger partial charge in [-0.25, -0.2) is 0 Å². The number of nitrogen functional groups attached to an aromatic ring is 1. The zero-order chi connectivity index (χ0) is 14.9. The van der Waals surface area contributed by atoms with Gasteiger partial charge in [-0.15, -0.1) is 0 Å². The summed E-state index contributed by atoms with van der Waals surface area (Å²) in [5, 5.41) is -0.000972. The van der Waals surface area contributed by atoms with E-state index in [1.807, 2.05) is 0 Å². The minimum atomic E-state index is -3.67. The van der Waals surface area contributed by atoms with Gasteiger partial charge in [-0.3, -0.25) is 14.3 Å². The number of nitrogens with one attached hydrogen (secondary N) is 1. The van der Waals surface area contributed by atoms with Gasteiger partial charge in [0.25, 0.3) is 0 Å². The summed E-state index contributed by atoms with van der Waals surface area (Å²) in [6.07, 6.45) is 0. The lowest BCUT2D eigenvalue weighted by atomic mass is 10.5. The summed E-state index contributed by atoms with van der Waals surface area (Å²) in [7, 11) is -3.67. The standard InChI is InChI=1S/C10H13N2O5PS2/c1-3-15-18(14,16-4-2)5-6(19)7-9(17-8(5)11)12-10(13)20-7/h3-4,11H2,1-2H3,(H,12,13). The minimum absolute atomic E-state index is 0.000972. The Hall–Kier alpha value is -0.990. The van der Waals surface area contributed by atoms with Crippen LogP contribution in [0.4, 0.5) is 5.88 Å². The summed E-state index contributed by atoms with van der Waals surface area (Å²) in [4.78, 5) is 13.5. The first-order valence-corrected chi connectivity index (χ1v) is 8.54. The van der Waals surface area contributed by atoms with Crippen LogP contribution in [0.1, 0.15) is 13.8 Å². The number of hydrogen-bond donors (Lipinski definition) is 2. The number of fused-ring (bicyclic) bond motifs is 1. The minimum Gasteiger partial charge on any atom is -0.423 e. The molecule has 110 valence electrons. The third kappa shape index (κ3) is 2.59. The number of H-pyrrole nitrogens is 1. The first-order chi connectivity index (χ1) is 9.42. The fraction of sp³-hybridized carbons (Fsp3) is 0.400. The van der Waals surface area contributed by atoms with Crippen molar-refractivity contribution < 1.29 is 18.0 Å². The van der Waals surface area contributed by atoms with Crippen molar-refractivity contribution in [2.75, 3.05) is 18.9 Å². The van der Waals surface area contributed by atoms with Gasteiger partial charge in [0.2, 0.25) is 11.6 Å². The van der Waals surface area contributed by atoms with Crippen LogP contribution >= 0.6 is 31.2 Å². The highest BCUT2D eigenvalue weighted by molar-refractivity contribution is 7.73. The van der Waals surface area contributed by atoms with Crippen LogP contribution in [0.2, 0.25) is 0 Å². The zero-order valence-corrected chi connectivity index (χ0v) is 13.3. The molecule has 0 radical (unpaired) electrons. The molecule has 0 atom stereocenters. The normalized spacial score (nSPS) is 12.1. The number of aromatic amines is 1. The molecule has 3 N–H and O–H groups in total. The maximum Gasteiger partial charge on any atom is 0.368 e. The van der Waals surface area contributed by atoms with Crippen LogP contribution in [0.5, 0.6) is 0 Å². The summed E-state index contributed by atoms with van der Waals surface area (Å²) in [5.74, 6) is -0.179. The molecule has 0 bridgehead atoms. The fourth-order valence-corrected chi connectivity index (χ4v) is 4.81. The Morgan fingerprint density at radius 1 is 1.40 bits per heavy atom. The molecule has 0 aliphatic rings. The molecule has 20 heavy (non-hydrogen) atoms. The Labute approximate surface area is 123 Å². The lowest BCUT2D eigenvalue weighted by molar-refractivity contribution is 0.229. The number of nitrogens with two attached hydrogens (primary N) is 1. The first kappa shape index (κ1) is 15.4. The average molecular weight is 336 g/mol. The topological polar surface area (TPSA) is 108 Å². The van der Waals surface area contributed by atoms with Crippen molar-refractivity contribution in [3.63, 3.8) is 0 Å². The van der Waals surface area contributed by atoms with Gasteiger partial charge >= 0.3 is 12.5 Å². The molecule has 0 unspecified atom stereocenters. The Kier molecular flexibility index (Phi) is 4.46. The lowest BCUT2D eigenvalue weighted by Gasteiger charge is -2.17. The molecule has 2 heterocycles. The summed E-state index contributed by atoms with van der Waals surface area (Å²) in [6.45, 7) is 3.67. The molecule has 0 saturated heterocycles. The van der Waals surface area contributed by atoms with E-state index in [0.717, 1.165) is 11.3 Å². The molecule has 10 heteroatoms. The monoisotopic (exact) mass is 336 g/mol. The molecular weight excluding hydrogens is 323 g/mol. The predicted molar refractivity (Wildman–Crippen MR) is 80.5 cm³/mol. The van der Waals surface area contributed by atoms with E-state index in [1.165, 1.54) is 0 Å². The molecule has 0 saturated carbocycles. The third-order valence-electron chi connectivity index (χ3n) is 2.36. The van der Waals surface area contributed by atoms with Crippen molar-refractivity contribution in [2.24, 2.45) is 0 Å². The van der Waals surface area contributed by atoms with Crippen LogP contribution < -0.4 is 15.9 Å². The second kappa shape index (κ2) is 5.79. The molecular formula is C10H13N2O5PS2. The van der Waals surface area contributed by atoms with Crippen LogP contribution in [-0.2, 0) is 13.6 Å². The number of hydrogen-bond acceptors (Lipinski definition) is 8. The molecule has 0 aromatic carbocycles. The Morgan fingerprint density at radius 2 is 2.00 bits per heavy atom. The first-order valence-electron chi connectivity index (χ1n) is 5.78. The highest BCUT2D eigenvalue weighted by Crippen LogP contribution is 2.49. The number of anilines is 1. The Morgan fingerprint density at radius 3 is 2.55 bits per heavy atom. The molecule has 0 amide bonds. The van der Waals surface area contributed by atoms with Crippen molar-refractivity contribution in [3.05, 3.63) is 14.2 Å². The van der Waals surface area contributed by atoms with Gasteiger partial charge in [-0.1, -0.05) is 23.6 Å². The van der Waals surface area contributed by atoms with E-state index in [4.69, 9.17) is 31.4 Å². The predicted octanol–water partition coefficient (Wildman–Crippen LogP) is 2.39. The molecule has 2 rings (SSSR count). The van der Waals surface area contributed by atoms with Gasteiger partial charge in [0.15, 0.2) is 0 Å². The highest BCUT2D eigenvalue weighted by atomic mass is 32.1. The van der Waals surface area contributed by atoms with Gasteiger partial charge in [0.1, 0.15) is 10.0 Å². The molecule has 0 aliphatic heterocycles. The summed E-state index contributed by atoms with van der Waals surface area (Å²) >= 11 is 6.11. The van der Waals surface area contributed by atoms with Crippen molar-refractivity contribution >= 4 is 52.8 Å². The highest BCUT2D eigenvalue weighted by Gasteiger charge is 2.33. The third-order valence-corrected chi connectivity index (χ3v) is 6.11. The number of rotatable bonds is 5. The van der Waals surface area contributed by atoms with E-state index in [9.17, 15) is 9.36 Å². The summed E-state index contributed by atoms with van der Waals surface area (Å²) in [6, 6.07) is 0. The Balaban J connectivity index is 2.78. The van der Waals surface area contributed by atoms with Crippen molar-refractivity contribution in [1.82, 2.24) is 4.98 Å². The molecule has 7 nitrogen and oxygen atoms in total. The Bertz CT molecular complexity index is 783. The molecule has 2 aromatic heterocycles. The number of thiazole rings is 1. The molecule has 0 fully saturated rings. The van der Waals surface area contributed by atoms with E-state index in [1.54, 1.807) is 13.8 Å². The van der Waals surface area contributed by atoms with Crippen molar-refractivity contribution in [3.8, 4) is 0 Å². The fourth-order valence-electron chi connectivity index (χ4n) is 1.68. The van der Waals surface area contributed by atoms with Crippen LogP contribution in [-0.4, -0.2) is 18.2 Å². The molecule has 2 aromatic rings. The summed E-state index contributed by atoms with van der Waals surface area (Å²) in [5.41, 5.74) is 5.92. The van der Waals surface area contributed by atoms with E-state index >= 15 is 0 Å². The lowest BCUT2D eigenvalue weighted by Crippen LogP contribution is -2.16. The van der Waals surface area contributed by atoms with Crippen LogP contribution in [0.25, 0.3) is 10.4 Å². The smallest absolute Gasteiger partial charge is 0.368 e. The SMILES string of the molecule is CCOP(=O)(OCC)c1c(N)oc2[nH]c(=O)sc2c1=S. The van der Waals surface area contributed by atoms with Crippen molar-refractivity contribution in [2.45, 2.75) is 13.8 Å². The zero-order valence-electron chi connectivity index (χ0n) is 10.8. The maximum absolute atomic E-state index is 12.8. The van der Waals surface area contributed by atoms with Gasteiger partial charge < -0.3 is 19.2 Å². The van der Waals surface area contributed by atoms with Crippen LogP contribution in [0, 0.1) is 4.51 Å². The quantitative estimate of drug-likeness (QED) is 0.637. The summed E-state index contributed by atoms with van der Waals surface area (Å²) < 4.78 is 29.0. The van der Waals surface area contributed by atoms with Gasteiger partial charge in [-0.05, 0) is 13.8 Å². The van der Waals surface area contributed by atoms with Crippen LogP contribution in [0.3, 0.4) is 0 Å². The van der Waals surface area contributed by atoms with Gasteiger partial charge in [0.05, 0.1) is 17.7 Å². The molecule has 0 aliphatic carbocycles. The van der Waals surface area contributed by atoms with E-state index in [0.29, 0.717) is 4.70 Å². The van der Waals surface area contributed by atoms with E-state index in [2.05, 4.69) is 4.98 Å².